The number of aromatic carboxylic acids is 1. The number of sulfone groups is 1. The molecule has 1 rings (SSSR count). The summed E-state index contributed by atoms with van der Waals surface area (Å²) in [5.41, 5.74) is -0.199. The van der Waals surface area contributed by atoms with Crippen LogP contribution < -0.4 is 0 Å². The molecule has 7 heteroatoms. The van der Waals surface area contributed by atoms with Gasteiger partial charge in [-0.15, -0.1) is 0 Å². The molecular formula is C13H18ClNO4S. The number of carbonyl (C=O) groups is 1. The average Bonchev–Trinajstić information content (AvgIpc) is 2.39. The summed E-state index contributed by atoms with van der Waals surface area (Å²) in [4.78, 5) is 13.0. The van der Waals surface area contributed by atoms with E-state index in [0.717, 1.165) is 19.2 Å². The molecule has 1 aromatic rings. The van der Waals surface area contributed by atoms with Gasteiger partial charge in [0.15, 0.2) is 9.84 Å². The maximum absolute atomic E-state index is 12.2. The van der Waals surface area contributed by atoms with E-state index in [9.17, 15) is 13.2 Å². The zero-order valence-electron chi connectivity index (χ0n) is 11.5. The third-order valence-corrected chi connectivity index (χ3v) is 5.12. The molecule has 0 atom stereocenters. The van der Waals surface area contributed by atoms with Crippen molar-refractivity contribution in [2.75, 3.05) is 25.4 Å². The van der Waals surface area contributed by atoms with Crippen LogP contribution in [0.4, 0.5) is 0 Å². The smallest absolute Gasteiger partial charge is 0.337 e. The highest BCUT2D eigenvalue weighted by Gasteiger charge is 2.19. The van der Waals surface area contributed by atoms with Crippen LogP contribution in [-0.2, 0) is 9.84 Å². The molecule has 1 aromatic carbocycles. The van der Waals surface area contributed by atoms with Gasteiger partial charge in [0.1, 0.15) is 0 Å². The van der Waals surface area contributed by atoms with Gasteiger partial charge in [-0.1, -0.05) is 25.4 Å². The van der Waals surface area contributed by atoms with Gasteiger partial charge in [0.05, 0.1) is 21.2 Å². The molecule has 0 aliphatic carbocycles. The van der Waals surface area contributed by atoms with E-state index in [1.807, 2.05) is 18.7 Å². The standard InChI is InChI=1S/C13H18ClNO4S/c1-3-15(4-2)7-8-20(18,19)10-5-6-12(14)11(9-10)13(16)17/h5-6,9H,3-4,7-8H2,1-2H3,(H,16,17). The zero-order valence-corrected chi connectivity index (χ0v) is 13.0. The van der Waals surface area contributed by atoms with Crippen LogP contribution in [0.25, 0.3) is 0 Å². The van der Waals surface area contributed by atoms with Gasteiger partial charge in [-0.3, -0.25) is 0 Å². The van der Waals surface area contributed by atoms with Crippen molar-refractivity contribution < 1.29 is 18.3 Å². The number of hydrogen-bond acceptors (Lipinski definition) is 4. The minimum Gasteiger partial charge on any atom is -0.478 e. The van der Waals surface area contributed by atoms with Gasteiger partial charge in [0, 0.05) is 6.54 Å². The molecule has 0 aliphatic rings. The van der Waals surface area contributed by atoms with Gasteiger partial charge in [0.2, 0.25) is 0 Å². The molecule has 0 radical (unpaired) electrons. The molecule has 0 spiro atoms. The van der Waals surface area contributed by atoms with Crippen molar-refractivity contribution in [1.29, 1.82) is 0 Å². The molecule has 20 heavy (non-hydrogen) atoms. The number of carboxylic acids is 1. The number of hydrogen-bond donors (Lipinski definition) is 1. The molecule has 112 valence electrons. The van der Waals surface area contributed by atoms with E-state index in [-0.39, 0.29) is 21.2 Å². The molecule has 0 fully saturated rings. The van der Waals surface area contributed by atoms with Crippen LogP contribution in [0.5, 0.6) is 0 Å². The van der Waals surface area contributed by atoms with E-state index < -0.39 is 15.8 Å². The molecule has 0 unspecified atom stereocenters. The van der Waals surface area contributed by atoms with Crippen molar-refractivity contribution in [2.24, 2.45) is 0 Å². The number of carboxylic acid groups (broad SMARTS) is 1. The van der Waals surface area contributed by atoms with Crippen molar-refractivity contribution in [3.8, 4) is 0 Å². The molecule has 0 saturated carbocycles. The molecule has 0 heterocycles. The van der Waals surface area contributed by atoms with Crippen LogP contribution in [-0.4, -0.2) is 49.8 Å². The first-order valence-electron chi connectivity index (χ1n) is 6.29. The Labute approximate surface area is 124 Å². The fourth-order valence-electron chi connectivity index (χ4n) is 1.77. The normalized spacial score (nSPS) is 11.8. The lowest BCUT2D eigenvalue weighted by Gasteiger charge is -2.17. The van der Waals surface area contributed by atoms with E-state index in [1.54, 1.807) is 0 Å². The first-order chi connectivity index (χ1) is 9.31. The fraction of sp³-hybridized carbons (Fsp3) is 0.462. The van der Waals surface area contributed by atoms with Crippen molar-refractivity contribution in [3.63, 3.8) is 0 Å². The first kappa shape index (κ1) is 16.9. The highest BCUT2D eigenvalue weighted by molar-refractivity contribution is 7.91. The maximum Gasteiger partial charge on any atom is 0.337 e. The lowest BCUT2D eigenvalue weighted by molar-refractivity contribution is 0.0697. The second-order valence-electron chi connectivity index (χ2n) is 4.29. The Morgan fingerprint density at radius 3 is 2.40 bits per heavy atom. The Morgan fingerprint density at radius 1 is 1.30 bits per heavy atom. The molecule has 0 amide bonds. The average molecular weight is 320 g/mol. The molecule has 1 N–H and O–H groups in total. The van der Waals surface area contributed by atoms with Crippen molar-refractivity contribution >= 4 is 27.4 Å². The van der Waals surface area contributed by atoms with Gasteiger partial charge < -0.3 is 10.0 Å². The lowest BCUT2D eigenvalue weighted by Crippen LogP contribution is -2.29. The highest BCUT2D eigenvalue weighted by Crippen LogP contribution is 2.21. The topological polar surface area (TPSA) is 74.7 Å². The zero-order chi connectivity index (χ0) is 15.3. The SMILES string of the molecule is CCN(CC)CCS(=O)(=O)c1ccc(Cl)c(C(=O)O)c1. The van der Waals surface area contributed by atoms with E-state index >= 15 is 0 Å². The Balaban J connectivity index is 2.98. The molecule has 0 saturated heterocycles. The van der Waals surface area contributed by atoms with Crippen LogP contribution in [0, 0.1) is 0 Å². The van der Waals surface area contributed by atoms with Crippen LogP contribution >= 0.6 is 11.6 Å². The van der Waals surface area contributed by atoms with Crippen LogP contribution in [0.3, 0.4) is 0 Å². The molecular weight excluding hydrogens is 302 g/mol. The van der Waals surface area contributed by atoms with E-state index in [4.69, 9.17) is 16.7 Å². The molecule has 0 aliphatic heterocycles. The minimum atomic E-state index is -3.51. The van der Waals surface area contributed by atoms with Gasteiger partial charge in [-0.05, 0) is 31.3 Å². The van der Waals surface area contributed by atoms with Crippen LogP contribution in [0.2, 0.25) is 5.02 Å². The summed E-state index contributed by atoms with van der Waals surface area (Å²) < 4.78 is 24.4. The van der Waals surface area contributed by atoms with Gasteiger partial charge in [0.25, 0.3) is 0 Å². The molecule has 0 bridgehead atoms. The van der Waals surface area contributed by atoms with E-state index in [1.165, 1.54) is 12.1 Å². The Hall–Kier alpha value is -1.11. The van der Waals surface area contributed by atoms with Crippen molar-refractivity contribution in [3.05, 3.63) is 28.8 Å². The van der Waals surface area contributed by atoms with Crippen LogP contribution in [0.1, 0.15) is 24.2 Å². The lowest BCUT2D eigenvalue weighted by atomic mass is 10.2. The summed E-state index contributed by atoms with van der Waals surface area (Å²) in [6.07, 6.45) is 0. The first-order valence-corrected chi connectivity index (χ1v) is 8.32. The Bertz CT molecular complexity index is 582. The number of halogens is 1. The van der Waals surface area contributed by atoms with Gasteiger partial charge in [-0.25, -0.2) is 13.2 Å². The number of benzene rings is 1. The Kier molecular flexibility index (Phi) is 5.98. The third kappa shape index (κ3) is 4.19. The van der Waals surface area contributed by atoms with Crippen LogP contribution in [0.15, 0.2) is 23.1 Å². The van der Waals surface area contributed by atoms with E-state index in [2.05, 4.69) is 0 Å². The quantitative estimate of drug-likeness (QED) is 0.833. The second kappa shape index (κ2) is 7.06. The van der Waals surface area contributed by atoms with Gasteiger partial charge >= 0.3 is 5.97 Å². The predicted octanol–water partition coefficient (Wildman–Crippen LogP) is 2.15. The van der Waals surface area contributed by atoms with Crippen molar-refractivity contribution in [2.45, 2.75) is 18.7 Å². The molecule has 5 nitrogen and oxygen atoms in total. The minimum absolute atomic E-state index is 0.00791. The Morgan fingerprint density at radius 2 is 1.90 bits per heavy atom. The second-order valence-corrected chi connectivity index (χ2v) is 6.81. The summed E-state index contributed by atoms with van der Waals surface area (Å²) in [7, 11) is -3.51. The molecule has 0 aromatic heterocycles. The maximum atomic E-state index is 12.2. The van der Waals surface area contributed by atoms with Crippen molar-refractivity contribution in [1.82, 2.24) is 4.90 Å². The highest BCUT2D eigenvalue weighted by atomic mass is 35.5. The third-order valence-electron chi connectivity index (χ3n) is 3.10. The summed E-state index contributed by atoms with van der Waals surface area (Å²) in [6.45, 7) is 5.88. The number of rotatable bonds is 7. The predicted molar refractivity (Wildman–Crippen MR) is 78.3 cm³/mol. The fourth-order valence-corrected chi connectivity index (χ4v) is 3.27. The largest absolute Gasteiger partial charge is 0.478 e. The number of nitrogens with zero attached hydrogens (tertiary/aromatic N) is 1. The summed E-state index contributed by atoms with van der Waals surface area (Å²) >= 11 is 5.73. The van der Waals surface area contributed by atoms with E-state index in [0.29, 0.717) is 6.54 Å². The monoisotopic (exact) mass is 319 g/mol. The summed E-state index contributed by atoms with van der Waals surface area (Å²) in [6, 6.07) is 3.75. The van der Waals surface area contributed by atoms with Gasteiger partial charge in [-0.2, -0.15) is 0 Å². The summed E-state index contributed by atoms with van der Waals surface area (Å²) in [5.74, 6) is -1.29. The summed E-state index contributed by atoms with van der Waals surface area (Å²) in [5, 5.41) is 8.99.